The Bertz CT molecular complexity index is 508. The quantitative estimate of drug-likeness (QED) is 0.323. The van der Waals surface area contributed by atoms with Crippen molar-refractivity contribution in [3.05, 3.63) is 30.3 Å². The highest BCUT2D eigenvalue weighted by molar-refractivity contribution is 7.86. The Morgan fingerprint density at radius 1 is 0.957 bits per heavy atom. The van der Waals surface area contributed by atoms with Crippen LogP contribution in [0.15, 0.2) is 30.3 Å². The van der Waals surface area contributed by atoms with Crippen LogP contribution in [-0.4, -0.2) is 71.2 Å². The summed E-state index contributed by atoms with van der Waals surface area (Å²) >= 11 is 0. The Labute approximate surface area is 139 Å². The molecule has 0 aliphatic heterocycles. The molecule has 0 aliphatic rings. The summed E-state index contributed by atoms with van der Waals surface area (Å²) in [5.41, 5.74) is 0. The van der Waals surface area contributed by atoms with Gasteiger partial charge in [0.15, 0.2) is 0 Å². The molecule has 0 aliphatic carbocycles. The van der Waals surface area contributed by atoms with Crippen LogP contribution in [0.5, 0.6) is 0 Å². The number of methoxy groups -OCH3 is 1. The van der Waals surface area contributed by atoms with Gasteiger partial charge in [0, 0.05) is 7.11 Å². The van der Waals surface area contributed by atoms with Gasteiger partial charge in [-0.25, -0.2) is 0 Å². The molecular formula is C15H25O6PS. The van der Waals surface area contributed by atoms with E-state index in [9.17, 15) is 8.42 Å². The molecule has 0 saturated heterocycles. The number of benzene rings is 1. The van der Waals surface area contributed by atoms with Crippen molar-refractivity contribution in [2.45, 2.75) is 0 Å². The largest absolute Gasteiger partial charge is 0.382 e. The molecule has 0 saturated carbocycles. The fourth-order valence-electron chi connectivity index (χ4n) is 1.87. The van der Waals surface area contributed by atoms with Crippen LogP contribution in [0, 0.1) is 0 Å². The number of ether oxygens (including phenoxy) is 3. The molecule has 0 spiro atoms. The lowest BCUT2D eigenvalue weighted by atomic mass is 10.4. The van der Waals surface area contributed by atoms with E-state index in [0.29, 0.717) is 39.2 Å². The number of rotatable bonds is 13. The maximum absolute atomic E-state index is 11.0. The predicted octanol–water partition coefficient (Wildman–Crippen LogP) is 1.36. The van der Waals surface area contributed by atoms with Gasteiger partial charge in [0.25, 0.3) is 10.1 Å². The molecule has 132 valence electrons. The lowest BCUT2D eigenvalue weighted by Crippen LogP contribution is -2.16. The van der Waals surface area contributed by atoms with E-state index in [1.165, 1.54) is 0 Å². The maximum atomic E-state index is 11.0. The second kappa shape index (κ2) is 11.9. The van der Waals surface area contributed by atoms with Crippen molar-refractivity contribution in [2.75, 3.05) is 58.2 Å². The molecule has 0 fully saturated rings. The van der Waals surface area contributed by atoms with Crippen molar-refractivity contribution < 1.29 is 27.2 Å². The second-order valence-electron chi connectivity index (χ2n) is 4.83. The third kappa shape index (κ3) is 10.8. The molecule has 1 atom stereocenters. The lowest BCUT2D eigenvalue weighted by molar-refractivity contribution is 0.0285. The average Bonchev–Trinajstić information content (AvgIpc) is 2.52. The Hall–Kier alpha value is -0.560. The first kappa shape index (κ1) is 20.5. The van der Waals surface area contributed by atoms with Crippen LogP contribution in [0.2, 0.25) is 0 Å². The molecule has 0 amide bonds. The summed E-state index contributed by atoms with van der Waals surface area (Å²) in [6.45, 7) is 2.66. The SMILES string of the molecule is COCCOCCOCCP(CCS(=O)(=O)O)c1ccccc1. The summed E-state index contributed by atoms with van der Waals surface area (Å²) in [6, 6.07) is 9.77. The third-order valence-electron chi connectivity index (χ3n) is 3.05. The monoisotopic (exact) mass is 364 g/mol. The van der Waals surface area contributed by atoms with Gasteiger partial charge in [-0.1, -0.05) is 38.3 Å². The smallest absolute Gasteiger partial charge is 0.265 e. The highest BCUT2D eigenvalue weighted by Crippen LogP contribution is 2.33. The molecular weight excluding hydrogens is 339 g/mol. The summed E-state index contributed by atoms with van der Waals surface area (Å²) in [7, 11) is -2.98. The molecule has 0 bridgehead atoms. The van der Waals surface area contributed by atoms with Crippen molar-refractivity contribution in [1.29, 1.82) is 0 Å². The molecule has 0 radical (unpaired) electrons. The van der Waals surface area contributed by atoms with E-state index in [0.717, 1.165) is 11.5 Å². The molecule has 0 heterocycles. The molecule has 1 rings (SSSR count). The van der Waals surface area contributed by atoms with Gasteiger partial charge in [-0.15, -0.1) is 0 Å². The highest BCUT2D eigenvalue weighted by atomic mass is 32.2. The van der Waals surface area contributed by atoms with Crippen LogP contribution < -0.4 is 5.30 Å². The zero-order valence-electron chi connectivity index (χ0n) is 13.4. The summed E-state index contributed by atoms with van der Waals surface area (Å²) in [5, 5.41) is 1.12. The van der Waals surface area contributed by atoms with Gasteiger partial charge in [-0.05, 0) is 17.6 Å². The van der Waals surface area contributed by atoms with E-state index in [-0.39, 0.29) is 5.75 Å². The molecule has 8 heteroatoms. The molecule has 1 unspecified atom stereocenters. The molecule has 1 aromatic carbocycles. The van der Waals surface area contributed by atoms with Crippen LogP contribution >= 0.6 is 7.92 Å². The summed E-state index contributed by atoms with van der Waals surface area (Å²) in [6.07, 6.45) is 1.19. The predicted molar refractivity (Wildman–Crippen MR) is 92.7 cm³/mol. The second-order valence-corrected chi connectivity index (χ2v) is 8.89. The first-order valence-electron chi connectivity index (χ1n) is 7.42. The molecule has 1 aromatic rings. The Kier molecular flexibility index (Phi) is 10.6. The topological polar surface area (TPSA) is 82.1 Å². The first-order chi connectivity index (χ1) is 11.0. The maximum Gasteiger partial charge on any atom is 0.265 e. The van der Waals surface area contributed by atoms with Gasteiger partial charge in [0.1, 0.15) is 0 Å². The van der Waals surface area contributed by atoms with Gasteiger partial charge >= 0.3 is 0 Å². The zero-order chi connectivity index (χ0) is 17.0. The Morgan fingerprint density at radius 3 is 2.17 bits per heavy atom. The third-order valence-corrected chi connectivity index (χ3v) is 6.59. The van der Waals surface area contributed by atoms with Crippen LogP contribution in [0.1, 0.15) is 0 Å². The van der Waals surface area contributed by atoms with Crippen molar-refractivity contribution in [2.24, 2.45) is 0 Å². The number of hydrogen-bond donors (Lipinski definition) is 1. The van der Waals surface area contributed by atoms with Crippen molar-refractivity contribution in [3.8, 4) is 0 Å². The van der Waals surface area contributed by atoms with Crippen LogP contribution in [0.4, 0.5) is 0 Å². The van der Waals surface area contributed by atoms with Gasteiger partial charge in [-0.3, -0.25) is 4.55 Å². The van der Waals surface area contributed by atoms with E-state index in [4.69, 9.17) is 18.8 Å². The molecule has 6 nitrogen and oxygen atoms in total. The molecule has 23 heavy (non-hydrogen) atoms. The van der Waals surface area contributed by atoms with Crippen LogP contribution in [-0.2, 0) is 24.3 Å². The highest BCUT2D eigenvalue weighted by Gasteiger charge is 2.14. The Morgan fingerprint density at radius 2 is 1.57 bits per heavy atom. The molecule has 0 aromatic heterocycles. The minimum absolute atomic E-state index is 0.215. The zero-order valence-corrected chi connectivity index (χ0v) is 15.1. The normalized spacial score (nSPS) is 13.1. The van der Waals surface area contributed by atoms with Gasteiger partial charge in [-0.2, -0.15) is 8.42 Å². The average molecular weight is 364 g/mol. The van der Waals surface area contributed by atoms with Gasteiger partial charge < -0.3 is 14.2 Å². The van der Waals surface area contributed by atoms with E-state index in [2.05, 4.69) is 0 Å². The summed E-state index contributed by atoms with van der Waals surface area (Å²) in [5.74, 6) is -0.215. The summed E-state index contributed by atoms with van der Waals surface area (Å²) < 4.78 is 46.6. The van der Waals surface area contributed by atoms with E-state index in [1.54, 1.807) is 7.11 Å². The summed E-state index contributed by atoms with van der Waals surface area (Å²) in [4.78, 5) is 0. The van der Waals surface area contributed by atoms with Crippen molar-refractivity contribution in [1.82, 2.24) is 0 Å². The van der Waals surface area contributed by atoms with E-state index < -0.39 is 18.0 Å². The van der Waals surface area contributed by atoms with E-state index in [1.807, 2.05) is 30.3 Å². The fraction of sp³-hybridized carbons (Fsp3) is 0.600. The van der Waals surface area contributed by atoms with Gasteiger partial charge in [0.05, 0.1) is 38.8 Å². The minimum Gasteiger partial charge on any atom is -0.382 e. The van der Waals surface area contributed by atoms with Crippen LogP contribution in [0.3, 0.4) is 0 Å². The molecule has 1 N–H and O–H groups in total. The van der Waals surface area contributed by atoms with Gasteiger partial charge in [0.2, 0.25) is 0 Å². The Balaban J connectivity index is 2.33. The van der Waals surface area contributed by atoms with Crippen molar-refractivity contribution >= 4 is 23.3 Å². The van der Waals surface area contributed by atoms with Crippen molar-refractivity contribution in [3.63, 3.8) is 0 Å². The van der Waals surface area contributed by atoms with Crippen LogP contribution in [0.25, 0.3) is 0 Å². The fourth-order valence-corrected chi connectivity index (χ4v) is 5.36. The minimum atomic E-state index is -3.93. The lowest BCUT2D eigenvalue weighted by Gasteiger charge is -2.17. The first-order valence-corrected chi connectivity index (χ1v) is 10.7. The number of hydrogen-bond acceptors (Lipinski definition) is 5. The standard InChI is InChI=1S/C15H25O6PS/c1-19-7-8-20-9-10-21-11-12-22(13-14-23(16,17)18)15-5-3-2-4-6-15/h2-6H,7-14H2,1H3,(H,16,17,18). The van der Waals surface area contributed by atoms with E-state index >= 15 is 0 Å².